The van der Waals surface area contributed by atoms with Gasteiger partial charge in [-0.1, -0.05) is 34.6 Å². The van der Waals surface area contributed by atoms with Crippen molar-refractivity contribution in [3.8, 4) is 0 Å². The van der Waals surface area contributed by atoms with E-state index in [0.717, 1.165) is 12.8 Å². The van der Waals surface area contributed by atoms with Gasteiger partial charge in [0, 0.05) is 17.8 Å². The molecular weight excluding hydrogens is 393 g/mol. The van der Waals surface area contributed by atoms with E-state index in [4.69, 9.17) is 0 Å². The fourth-order valence-corrected chi connectivity index (χ4v) is 5.90. The van der Waals surface area contributed by atoms with E-state index in [-0.39, 0.29) is 29.7 Å². The highest BCUT2D eigenvalue weighted by molar-refractivity contribution is 7.87. The first-order valence-electron chi connectivity index (χ1n) is 10.3. The zero-order chi connectivity index (χ0) is 22.1. The van der Waals surface area contributed by atoms with Crippen molar-refractivity contribution in [2.24, 2.45) is 5.92 Å². The molecule has 1 saturated heterocycles. The topological polar surface area (TPSA) is 78.5 Å². The number of hydrogen-bond acceptors (Lipinski definition) is 3. The Kier molecular flexibility index (Phi) is 7.32. The third-order valence-corrected chi connectivity index (χ3v) is 7.22. The summed E-state index contributed by atoms with van der Waals surface area (Å²) in [7, 11) is -4.00. The molecule has 1 heterocycles. The third kappa shape index (κ3) is 5.48. The minimum atomic E-state index is -4.00. The molecule has 1 aromatic carbocycles. The maximum absolute atomic E-state index is 14.1. The molecule has 2 atom stereocenters. The van der Waals surface area contributed by atoms with Gasteiger partial charge in [0.15, 0.2) is 0 Å². The van der Waals surface area contributed by atoms with E-state index in [0.29, 0.717) is 22.7 Å². The first-order valence-corrected chi connectivity index (χ1v) is 11.7. The zero-order valence-corrected chi connectivity index (χ0v) is 19.2. The van der Waals surface area contributed by atoms with Gasteiger partial charge < -0.3 is 5.32 Å². The van der Waals surface area contributed by atoms with Crippen molar-refractivity contribution in [1.82, 2.24) is 9.03 Å². The Balaban J connectivity index is 2.29. The Morgan fingerprint density at radius 2 is 1.48 bits per heavy atom. The van der Waals surface area contributed by atoms with Gasteiger partial charge in [-0.25, -0.2) is 13.9 Å². The normalized spacial score (nSPS) is 23.4. The van der Waals surface area contributed by atoms with Gasteiger partial charge in [0.2, 0.25) is 0 Å². The summed E-state index contributed by atoms with van der Waals surface area (Å²) in [5.41, 5.74) is 1.74. The number of nitrogens with zero attached hydrogens (tertiary/aromatic N) is 1. The highest BCUT2D eigenvalue weighted by Crippen LogP contribution is 2.34. The molecule has 164 valence electrons. The van der Waals surface area contributed by atoms with E-state index in [9.17, 15) is 17.6 Å². The molecule has 0 aromatic heterocycles. The van der Waals surface area contributed by atoms with Crippen LogP contribution >= 0.6 is 0 Å². The number of halogens is 1. The summed E-state index contributed by atoms with van der Waals surface area (Å²) in [6.07, 6.45) is 1.50. The standard InChI is InChI=1S/C21H34FN3O3S/c1-12(2)18-10-17(22)11-19(13(3)4)20(18)23-21(26)24-29(27,28)25-15(6)8-14(5)9-16(25)7/h10-16H,8-9H2,1-7H3,(H2,23,24,26). The second-order valence-corrected chi connectivity index (χ2v) is 10.5. The molecule has 0 bridgehead atoms. The summed E-state index contributed by atoms with van der Waals surface area (Å²) in [6.45, 7) is 13.4. The van der Waals surface area contributed by atoms with Crippen LogP contribution in [-0.4, -0.2) is 30.8 Å². The summed E-state index contributed by atoms with van der Waals surface area (Å²) in [5.74, 6) is -0.0276. The van der Waals surface area contributed by atoms with Gasteiger partial charge >= 0.3 is 16.2 Å². The van der Waals surface area contributed by atoms with Crippen molar-refractivity contribution in [2.75, 3.05) is 5.32 Å². The molecule has 2 unspecified atom stereocenters. The lowest BCUT2D eigenvalue weighted by molar-refractivity contribution is 0.161. The van der Waals surface area contributed by atoms with Crippen LogP contribution in [0.2, 0.25) is 0 Å². The lowest BCUT2D eigenvalue weighted by Crippen LogP contribution is -2.55. The third-order valence-electron chi connectivity index (χ3n) is 5.50. The number of hydrogen-bond donors (Lipinski definition) is 2. The average molecular weight is 428 g/mol. The molecule has 1 aliphatic heterocycles. The van der Waals surface area contributed by atoms with Crippen molar-refractivity contribution in [3.05, 3.63) is 29.1 Å². The minimum absolute atomic E-state index is 0.0428. The first kappa shape index (κ1) is 23.6. The Bertz CT molecular complexity index is 814. The second-order valence-electron chi connectivity index (χ2n) is 8.93. The average Bonchev–Trinajstić information content (AvgIpc) is 2.53. The van der Waals surface area contributed by atoms with E-state index < -0.39 is 16.2 Å². The lowest BCUT2D eigenvalue weighted by atomic mass is 9.91. The molecular formula is C21H34FN3O3S. The van der Waals surface area contributed by atoms with Crippen LogP contribution in [-0.2, 0) is 10.2 Å². The summed E-state index contributed by atoms with van der Waals surface area (Å²) in [6, 6.07) is 1.55. The van der Waals surface area contributed by atoms with E-state index >= 15 is 0 Å². The molecule has 1 fully saturated rings. The Morgan fingerprint density at radius 1 is 1.03 bits per heavy atom. The van der Waals surface area contributed by atoms with Crippen LogP contribution in [0.4, 0.5) is 14.9 Å². The van der Waals surface area contributed by atoms with Crippen LogP contribution in [0.1, 0.15) is 84.3 Å². The largest absolute Gasteiger partial charge is 0.333 e. The Hall–Kier alpha value is -1.67. The Labute approximate surface area is 174 Å². The molecule has 1 aromatic rings. The number of nitrogens with one attached hydrogen (secondary N) is 2. The summed E-state index contributed by atoms with van der Waals surface area (Å²) in [4.78, 5) is 12.7. The number of urea groups is 1. The summed E-state index contributed by atoms with van der Waals surface area (Å²) < 4.78 is 43.4. The Morgan fingerprint density at radius 3 is 1.90 bits per heavy atom. The van der Waals surface area contributed by atoms with Crippen molar-refractivity contribution >= 4 is 21.9 Å². The molecule has 0 radical (unpaired) electrons. The highest BCUT2D eigenvalue weighted by Gasteiger charge is 2.38. The summed E-state index contributed by atoms with van der Waals surface area (Å²) >= 11 is 0. The maximum Gasteiger partial charge on any atom is 0.333 e. The number of amides is 2. The van der Waals surface area contributed by atoms with Crippen LogP contribution in [0, 0.1) is 11.7 Å². The van der Waals surface area contributed by atoms with Gasteiger partial charge in [-0.05, 0) is 67.7 Å². The second kappa shape index (κ2) is 9.00. The number of piperidine rings is 1. The minimum Gasteiger partial charge on any atom is -0.307 e. The van der Waals surface area contributed by atoms with Gasteiger partial charge in [0.1, 0.15) is 5.82 Å². The molecule has 0 saturated carbocycles. The van der Waals surface area contributed by atoms with Crippen LogP contribution in [0.15, 0.2) is 12.1 Å². The smallest absolute Gasteiger partial charge is 0.307 e. The number of rotatable bonds is 5. The molecule has 6 nitrogen and oxygen atoms in total. The van der Waals surface area contributed by atoms with Crippen LogP contribution in [0.5, 0.6) is 0 Å². The molecule has 0 aliphatic carbocycles. The summed E-state index contributed by atoms with van der Waals surface area (Å²) in [5, 5.41) is 2.68. The molecule has 2 N–H and O–H groups in total. The van der Waals surface area contributed by atoms with E-state index in [2.05, 4.69) is 17.0 Å². The van der Waals surface area contributed by atoms with Crippen molar-refractivity contribution < 1.29 is 17.6 Å². The van der Waals surface area contributed by atoms with Crippen molar-refractivity contribution in [3.63, 3.8) is 0 Å². The van der Waals surface area contributed by atoms with Crippen molar-refractivity contribution in [2.45, 2.75) is 85.2 Å². The lowest BCUT2D eigenvalue weighted by Gasteiger charge is -2.40. The van der Waals surface area contributed by atoms with E-state index in [1.165, 1.54) is 16.4 Å². The molecule has 2 amide bonds. The van der Waals surface area contributed by atoms with Gasteiger partial charge in [-0.3, -0.25) is 0 Å². The first-order chi connectivity index (χ1) is 13.3. The van der Waals surface area contributed by atoms with Gasteiger partial charge in [0.05, 0.1) is 0 Å². The monoisotopic (exact) mass is 427 g/mol. The maximum atomic E-state index is 14.1. The number of carbonyl (C=O) groups is 1. The molecule has 0 spiro atoms. The molecule has 8 heteroatoms. The van der Waals surface area contributed by atoms with Gasteiger partial charge in [-0.15, -0.1) is 0 Å². The molecule has 2 rings (SSSR count). The van der Waals surface area contributed by atoms with Gasteiger partial charge in [0.25, 0.3) is 0 Å². The van der Waals surface area contributed by atoms with Crippen LogP contribution in [0.3, 0.4) is 0 Å². The number of anilines is 1. The fourth-order valence-electron chi connectivity index (χ4n) is 4.39. The quantitative estimate of drug-likeness (QED) is 0.698. The predicted octanol–water partition coefficient (Wildman–Crippen LogP) is 4.95. The highest BCUT2D eigenvalue weighted by atomic mass is 32.2. The van der Waals surface area contributed by atoms with Crippen LogP contribution in [0.25, 0.3) is 0 Å². The number of benzene rings is 1. The fraction of sp³-hybridized carbons (Fsp3) is 0.667. The number of carbonyl (C=O) groups excluding carboxylic acids is 1. The zero-order valence-electron chi connectivity index (χ0n) is 18.4. The van der Waals surface area contributed by atoms with Crippen molar-refractivity contribution in [1.29, 1.82) is 0 Å². The predicted molar refractivity (Wildman–Crippen MR) is 115 cm³/mol. The van der Waals surface area contributed by atoms with E-state index in [1.54, 1.807) is 0 Å². The SMILES string of the molecule is CC1CC(C)N(S(=O)(=O)NC(=O)Nc2c(C(C)C)cc(F)cc2C(C)C)C(C)C1. The molecule has 29 heavy (non-hydrogen) atoms. The van der Waals surface area contributed by atoms with E-state index in [1.807, 2.05) is 41.5 Å². The molecule has 1 aliphatic rings. The van der Waals surface area contributed by atoms with Gasteiger partial charge in [-0.2, -0.15) is 12.7 Å². The van der Waals surface area contributed by atoms with Crippen LogP contribution < -0.4 is 10.0 Å².